The van der Waals surface area contributed by atoms with E-state index in [2.05, 4.69) is 15.3 Å². The predicted molar refractivity (Wildman–Crippen MR) is 76.9 cm³/mol. The van der Waals surface area contributed by atoms with E-state index in [-0.39, 0.29) is 18.5 Å². The molecule has 3 N–H and O–H groups in total. The van der Waals surface area contributed by atoms with Gasteiger partial charge in [0.05, 0.1) is 6.33 Å². The van der Waals surface area contributed by atoms with Crippen LogP contribution in [-0.4, -0.2) is 50.6 Å². The number of H-pyrrole nitrogens is 1. The summed E-state index contributed by atoms with van der Waals surface area (Å²) in [5.41, 5.74) is 0.687. The van der Waals surface area contributed by atoms with E-state index in [9.17, 15) is 14.7 Å². The van der Waals surface area contributed by atoms with Crippen LogP contribution in [0.5, 0.6) is 0 Å². The van der Waals surface area contributed by atoms with E-state index in [1.807, 2.05) is 6.92 Å². The van der Waals surface area contributed by atoms with Crippen LogP contribution in [0, 0.1) is 0 Å². The Bertz CT molecular complexity index is 469. The van der Waals surface area contributed by atoms with Gasteiger partial charge < -0.3 is 20.3 Å². The number of aromatic nitrogens is 2. The molecular formula is C14H22N4O3. The van der Waals surface area contributed by atoms with E-state index in [0.29, 0.717) is 12.2 Å². The zero-order chi connectivity index (χ0) is 15.2. The van der Waals surface area contributed by atoms with E-state index in [0.717, 1.165) is 25.7 Å². The minimum Gasteiger partial charge on any atom is -0.480 e. The molecule has 0 radical (unpaired) electrons. The maximum Gasteiger partial charge on any atom is 0.326 e. The third-order valence-electron chi connectivity index (χ3n) is 3.94. The molecule has 1 aliphatic rings. The minimum atomic E-state index is -1.04. The fraction of sp³-hybridized carbons (Fsp3) is 0.643. The van der Waals surface area contributed by atoms with Crippen molar-refractivity contribution >= 4 is 12.0 Å². The number of nitrogens with one attached hydrogen (secondary N) is 2. The molecule has 0 aliphatic heterocycles. The standard InChI is InChI=1S/C14H22N4O3/c1-2-18(11-5-3-4-6-11)14(21)17-12(13(19)20)7-10-8-15-9-16-10/h8-9,11-12H,2-7H2,1H3,(H,15,16)(H,17,21)(H,19,20)/t12-/m1/s1. The van der Waals surface area contributed by atoms with Crippen molar-refractivity contribution in [1.29, 1.82) is 0 Å². The Morgan fingerprint density at radius 1 is 1.52 bits per heavy atom. The van der Waals surface area contributed by atoms with Gasteiger partial charge in [0.2, 0.25) is 0 Å². The van der Waals surface area contributed by atoms with Crippen LogP contribution in [0.25, 0.3) is 0 Å². The second-order valence-corrected chi connectivity index (χ2v) is 5.35. The highest BCUT2D eigenvalue weighted by Crippen LogP contribution is 2.23. The average Bonchev–Trinajstić information content (AvgIpc) is 3.11. The van der Waals surface area contributed by atoms with Gasteiger partial charge in [-0.1, -0.05) is 12.8 Å². The smallest absolute Gasteiger partial charge is 0.326 e. The summed E-state index contributed by atoms with van der Waals surface area (Å²) in [6, 6.07) is -1.01. The maximum absolute atomic E-state index is 12.3. The van der Waals surface area contributed by atoms with Gasteiger partial charge in [0.25, 0.3) is 0 Å². The van der Waals surface area contributed by atoms with E-state index < -0.39 is 12.0 Å². The molecule has 116 valence electrons. The molecular weight excluding hydrogens is 272 g/mol. The number of carbonyl (C=O) groups excluding carboxylic acids is 1. The van der Waals surface area contributed by atoms with Crippen molar-refractivity contribution in [2.45, 2.75) is 51.1 Å². The lowest BCUT2D eigenvalue weighted by molar-refractivity contribution is -0.139. The molecule has 1 aliphatic carbocycles. The van der Waals surface area contributed by atoms with Gasteiger partial charge in [-0.3, -0.25) is 0 Å². The van der Waals surface area contributed by atoms with Gasteiger partial charge in [0, 0.05) is 30.9 Å². The van der Waals surface area contributed by atoms with Crippen LogP contribution < -0.4 is 5.32 Å². The van der Waals surface area contributed by atoms with E-state index >= 15 is 0 Å². The SMILES string of the molecule is CCN(C(=O)N[C@H](Cc1cnc[nH]1)C(=O)O)C1CCCC1. The second-order valence-electron chi connectivity index (χ2n) is 5.35. The quantitative estimate of drug-likeness (QED) is 0.738. The number of carboxylic acids is 1. The highest BCUT2D eigenvalue weighted by molar-refractivity contribution is 5.83. The molecule has 0 spiro atoms. The molecule has 0 aromatic carbocycles. The molecule has 2 amide bonds. The number of rotatable bonds is 6. The van der Waals surface area contributed by atoms with Crippen molar-refractivity contribution in [1.82, 2.24) is 20.2 Å². The Morgan fingerprint density at radius 3 is 2.76 bits per heavy atom. The van der Waals surface area contributed by atoms with Gasteiger partial charge in [-0.15, -0.1) is 0 Å². The number of aliphatic carboxylic acids is 1. The molecule has 1 fully saturated rings. The van der Waals surface area contributed by atoms with E-state index in [1.54, 1.807) is 11.1 Å². The summed E-state index contributed by atoms with van der Waals surface area (Å²) < 4.78 is 0. The normalized spacial score (nSPS) is 16.6. The monoisotopic (exact) mass is 294 g/mol. The number of hydrogen-bond donors (Lipinski definition) is 3. The lowest BCUT2D eigenvalue weighted by Gasteiger charge is -2.29. The first kappa shape index (κ1) is 15.3. The van der Waals surface area contributed by atoms with Crippen LogP contribution in [-0.2, 0) is 11.2 Å². The molecule has 1 aromatic heterocycles. The number of imidazole rings is 1. The number of carbonyl (C=O) groups is 2. The Balaban J connectivity index is 1.97. The Labute approximate surface area is 123 Å². The molecule has 1 aromatic rings. The van der Waals surface area contributed by atoms with Gasteiger partial charge in [-0.2, -0.15) is 0 Å². The number of hydrogen-bond acceptors (Lipinski definition) is 3. The molecule has 7 heteroatoms. The first-order valence-corrected chi connectivity index (χ1v) is 7.39. The number of urea groups is 1. The lowest BCUT2D eigenvalue weighted by atomic mass is 10.1. The molecule has 7 nitrogen and oxygen atoms in total. The molecule has 21 heavy (non-hydrogen) atoms. The first-order chi connectivity index (χ1) is 10.1. The van der Waals surface area contributed by atoms with Crippen LogP contribution in [0.4, 0.5) is 4.79 Å². The number of carboxylic acid groups (broad SMARTS) is 1. The van der Waals surface area contributed by atoms with Crippen molar-refractivity contribution < 1.29 is 14.7 Å². The fourth-order valence-electron chi connectivity index (χ4n) is 2.83. The topological polar surface area (TPSA) is 98.3 Å². The van der Waals surface area contributed by atoms with Gasteiger partial charge in [0.15, 0.2) is 0 Å². The predicted octanol–water partition coefficient (Wildman–Crippen LogP) is 1.38. The molecule has 1 saturated carbocycles. The average molecular weight is 294 g/mol. The lowest BCUT2D eigenvalue weighted by Crippen LogP contribution is -2.51. The highest BCUT2D eigenvalue weighted by Gasteiger charge is 2.28. The van der Waals surface area contributed by atoms with Gasteiger partial charge in [0.1, 0.15) is 6.04 Å². The maximum atomic E-state index is 12.3. The molecule has 1 atom stereocenters. The summed E-state index contributed by atoms with van der Waals surface area (Å²) in [4.78, 5) is 32.1. The summed E-state index contributed by atoms with van der Waals surface area (Å²) in [5.74, 6) is -1.04. The zero-order valence-corrected chi connectivity index (χ0v) is 12.2. The zero-order valence-electron chi connectivity index (χ0n) is 12.2. The third kappa shape index (κ3) is 3.96. The first-order valence-electron chi connectivity index (χ1n) is 7.39. The van der Waals surface area contributed by atoms with Crippen molar-refractivity contribution in [2.24, 2.45) is 0 Å². The fourth-order valence-corrected chi connectivity index (χ4v) is 2.83. The van der Waals surface area contributed by atoms with Crippen LogP contribution in [0.3, 0.4) is 0 Å². The second kappa shape index (κ2) is 7.10. The summed E-state index contributed by atoms with van der Waals surface area (Å²) in [7, 11) is 0. The number of aromatic amines is 1. The Kier molecular flexibility index (Phi) is 5.19. The van der Waals surface area contributed by atoms with E-state index in [1.165, 1.54) is 6.33 Å². The summed E-state index contributed by atoms with van der Waals surface area (Å²) in [6.07, 6.45) is 7.52. The van der Waals surface area contributed by atoms with Crippen LogP contribution >= 0.6 is 0 Å². The van der Waals surface area contributed by atoms with Gasteiger partial charge in [-0.25, -0.2) is 14.6 Å². The molecule has 1 heterocycles. The van der Waals surface area contributed by atoms with Crippen molar-refractivity contribution in [3.05, 3.63) is 18.2 Å². The van der Waals surface area contributed by atoms with Crippen LogP contribution in [0.1, 0.15) is 38.3 Å². The van der Waals surface area contributed by atoms with Crippen molar-refractivity contribution in [3.63, 3.8) is 0 Å². The third-order valence-corrected chi connectivity index (χ3v) is 3.94. The van der Waals surface area contributed by atoms with Crippen LogP contribution in [0.2, 0.25) is 0 Å². The largest absolute Gasteiger partial charge is 0.480 e. The van der Waals surface area contributed by atoms with E-state index in [4.69, 9.17) is 0 Å². The number of amides is 2. The molecule has 0 unspecified atom stereocenters. The van der Waals surface area contributed by atoms with Crippen molar-refractivity contribution in [3.8, 4) is 0 Å². The molecule has 0 bridgehead atoms. The van der Waals surface area contributed by atoms with Gasteiger partial charge in [-0.05, 0) is 19.8 Å². The summed E-state index contributed by atoms with van der Waals surface area (Å²) >= 11 is 0. The Hall–Kier alpha value is -2.05. The minimum absolute atomic E-state index is 0.198. The summed E-state index contributed by atoms with van der Waals surface area (Å²) in [5, 5.41) is 11.9. The molecule has 0 saturated heterocycles. The Morgan fingerprint density at radius 2 is 2.24 bits per heavy atom. The van der Waals surface area contributed by atoms with Crippen molar-refractivity contribution in [2.75, 3.05) is 6.54 Å². The molecule has 2 rings (SSSR count). The van der Waals surface area contributed by atoms with Gasteiger partial charge >= 0.3 is 12.0 Å². The summed E-state index contributed by atoms with van der Waals surface area (Å²) in [6.45, 7) is 2.51. The highest BCUT2D eigenvalue weighted by atomic mass is 16.4. The number of nitrogens with zero attached hydrogens (tertiary/aromatic N) is 2. The van der Waals surface area contributed by atoms with Crippen LogP contribution in [0.15, 0.2) is 12.5 Å².